The first kappa shape index (κ1) is 15.1. The molecule has 8 heteroatoms. The van der Waals surface area contributed by atoms with E-state index in [9.17, 15) is 9.59 Å². The van der Waals surface area contributed by atoms with Gasteiger partial charge in [-0.2, -0.15) is 0 Å². The Bertz CT molecular complexity index is 1120. The number of amides is 1. The Morgan fingerprint density at radius 3 is 2.96 bits per heavy atom. The number of benzene rings is 1. The molecule has 1 aromatic carbocycles. The molecule has 25 heavy (non-hydrogen) atoms. The number of nitrogens with one attached hydrogen (secondary N) is 1. The third kappa shape index (κ3) is 2.67. The lowest BCUT2D eigenvalue weighted by Crippen LogP contribution is -2.32. The number of rotatable bonds is 4. The quantitative estimate of drug-likeness (QED) is 0.605. The predicted molar refractivity (Wildman–Crippen MR) is 90.0 cm³/mol. The zero-order valence-electron chi connectivity index (χ0n) is 13.5. The van der Waals surface area contributed by atoms with Gasteiger partial charge in [0, 0.05) is 5.39 Å². The summed E-state index contributed by atoms with van der Waals surface area (Å²) in [6.45, 7) is 2.04. The van der Waals surface area contributed by atoms with Gasteiger partial charge in [-0.15, -0.1) is 5.10 Å². The number of hydrogen-bond acceptors (Lipinski definition) is 5. The summed E-state index contributed by atoms with van der Waals surface area (Å²) in [5, 5.41) is 7.78. The van der Waals surface area contributed by atoms with E-state index in [4.69, 9.17) is 4.42 Å². The number of nitrogens with zero attached hydrogens (tertiary/aromatic N) is 4. The van der Waals surface area contributed by atoms with Crippen LogP contribution in [0.4, 0.5) is 0 Å². The van der Waals surface area contributed by atoms with Crippen molar-refractivity contribution in [2.75, 3.05) is 0 Å². The van der Waals surface area contributed by atoms with Gasteiger partial charge in [0.2, 0.25) is 5.91 Å². The summed E-state index contributed by atoms with van der Waals surface area (Å²) in [6, 6.07) is 9.20. The maximum absolute atomic E-state index is 12.5. The van der Waals surface area contributed by atoms with Gasteiger partial charge in [0.15, 0.2) is 5.65 Å². The minimum absolute atomic E-state index is 0.172. The largest absolute Gasteiger partial charge is 0.467 e. The van der Waals surface area contributed by atoms with E-state index < -0.39 is 5.69 Å². The third-order valence-electron chi connectivity index (χ3n) is 3.98. The van der Waals surface area contributed by atoms with Crippen molar-refractivity contribution in [2.24, 2.45) is 0 Å². The highest BCUT2D eigenvalue weighted by molar-refractivity contribution is 5.92. The minimum atomic E-state index is -0.404. The molecule has 0 spiro atoms. The molecule has 0 aliphatic rings. The van der Waals surface area contributed by atoms with Crippen LogP contribution in [0.3, 0.4) is 0 Å². The van der Waals surface area contributed by atoms with E-state index in [1.807, 2.05) is 25.1 Å². The zero-order chi connectivity index (χ0) is 17.4. The van der Waals surface area contributed by atoms with E-state index in [2.05, 4.69) is 15.4 Å². The van der Waals surface area contributed by atoms with Crippen molar-refractivity contribution < 1.29 is 9.21 Å². The fraction of sp³-hybridized carbons (Fsp3) is 0.176. The summed E-state index contributed by atoms with van der Waals surface area (Å²) < 4.78 is 7.64. The Balaban J connectivity index is 1.65. The molecular weight excluding hydrogens is 322 g/mol. The van der Waals surface area contributed by atoms with Crippen LogP contribution in [0.15, 0.2) is 52.1 Å². The van der Waals surface area contributed by atoms with Gasteiger partial charge in [-0.3, -0.25) is 4.79 Å². The van der Waals surface area contributed by atoms with Crippen LogP contribution >= 0.6 is 0 Å². The molecule has 0 unspecified atom stereocenters. The van der Waals surface area contributed by atoms with Crippen molar-refractivity contribution in [3.63, 3.8) is 0 Å². The Morgan fingerprint density at radius 1 is 1.28 bits per heavy atom. The number of hydrogen-bond donors (Lipinski definition) is 1. The second kappa shape index (κ2) is 5.90. The second-order valence-electron chi connectivity index (χ2n) is 5.71. The van der Waals surface area contributed by atoms with Crippen LogP contribution in [-0.2, 0) is 17.9 Å². The predicted octanol–water partition coefficient (Wildman–Crippen LogP) is 1.26. The van der Waals surface area contributed by atoms with Gasteiger partial charge in [0.05, 0.1) is 18.3 Å². The van der Waals surface area contributed by atoms with E-state index in [0.717, 1.165) is 21.1 Å². The number of aryl methyl sites for hydroxylation is 1. The highest BCUT2D eigenvalue weighted by Crippen LogP contribution is 2.18. The summed E-state index contributed by atoms with van der Waals surface area (Å²) in [5.74, 6) is 0.316. The monoisotopic (exact) mass is 337 g/mol. The summed E-state index contributed by atoms with van der Waals surface area (Å²) in [4.78, 5) is 28.9. The van der Waals surface area contributed by atoms with E-state index in [0.29, 0.717) is 11.4 Å². The van der Waals surface area contributed by atoms with E-state index in [-0.39, 0.29) is 19.0 Å². The maximum atomic E-state index is 12.5. The number of para-hydroxylation sites is 1. The Kier molecular flexibility index (Phi) is 3.57. The van der Waals surface area contributed by atoms with Crippen molar-refractivity contribution in [3.8, 4) is 0 Å². The first-order valence-corrected chi connectivity index (χ1v) is 7.76. The Labute approximate surface area is 141 Å². The van der Waals surface area contributed by atoms with Gasteiger partial charge in [0.25, 0.3) is 0 Å². The van der Waals surface area contributed by atoms with Crippen molar-refractivity contribution in [1.29, 1.82) is 0 Å². The van der Waals surface area contributed by atoms with Crippen LogP contribution in [0.25, 0.3) is 16.6 Å². The topological polar surface area (TPSA) is 94.4 Å². The van der Waals surface area contributed by atoms with E-state index in [1.54, 1.807) is 12.1 Å². The lowest BCUT2D eigenvalue weighted by molar-refractivity contribution is -0.122. The molecule has 0 radical (unpaired) electrons. The molecule has 0 saturated heterocycles. The molecule has 4 rings (SSSR count). The zero-order valence-corrected chi connectivity index (χ0v) is 13.5. The lowest BCUT2D eigenvalue weighted by Gasteiger charge is -2.02. The fourth-order valence-electron chi connectivity index (χ4n) is 2.73. The standard InChI is InChI=1S/C17H15N5O3/c1-11-4-2-6-13-15(11)19-10-21-16(13)20-22(17(21)24)9-14(23)18-8-12-5-3-7-25-12/h2-7,10H,8-9H2,1H3,(H,18,23). The Morgan fingerprint density at radius 2 is 2.16 bits per heavy atom. The molecule has 126 valence electrons. The average Bonchev–Trinajstić information content (AvgIpc) is 3.23. The Hall–Kier alpha value is -3.42. The van der Waals surface area contributed by atoms with Crippen LogP contribution in [-0.4, -0.2) is 25.1 Å². The molecule has 0 aliphatic heterocycles. The molecule has 3 heterocycles. The van der Waals surface area contributed by atoms with E-state index in [1.165, 1.54) is 17.0 Å². The van der Waals surface area contributed by atoms with Crippen LogP contribution < -0.4 is 11.0 Å². The molecule has 0 saturated carbocycles. The molecule has 3 aromatic heterocycles. The summed E-state index contributed by atoms with van der Waals surface area (Å²) in [5.41, 5.74) is 1.87. The first-order valence-electron chi connectivity index (χ1n) is 7.76. The van der Waals surface area contributed by atoms with Gasteiger partial charge in [0.1, 0.15) is 18.6 Å². The van der Waals surface area contributed by atoms with Gasteiger partial charge in [-0.25, -0.2) is 18.9 Å². The normalized spacial score (nSPS) is 11.2. The molecular formula is C17H15N5O3. The third-order valence-corrected chi connectivity index (χ3v) is 3.98. The summed E-state index contributed by atoms with van der Waals surface area (Å²) in [6.07, 6.45) is 2.98. The summed E-state index contributed by atoms with van der Waals surface area (Å²) >= 11 is 0. The van der Waals surface area contributed by atoms with Crippen molar-refractivity contribution >= 4 is 22.5 Å². The first-order chi connectivity index (χ1) is 12.1. The molecule has 0 aliphatic carbocycles. The molecule has 4 aromatic rings. The maximum Gasteiger partial charge on any atom is 0.352 e. The smallest absolute Gasteiger partial charge is 0.352 e. The lowest BCUT2D eigenvalue weighted by atomic mass is 10.1. The number of carbonyl (C=O) groups is 1. The van der Waals surface area contributed by atoms with Crippen LogP contribution in [0.1, 0.15) is 11.3 Å². The van der Waals surface area contributed by atoms with Gasteiger partial charge in [-0.05, 0) is 30.7 Å². The highest BCUT2D eigenvalue weighted by Gasteiger charge is 2.14. The summed E-state index contributed by atoms with van der Waals surface area (Å²) in [7, 11) is 0. The molecule has 1 amide bonds. The average molecular weight is 337 g/mol. The fourth-order valence-corrected chi connectivity index (χ4v) is 2.73. The number of carbonyl (C=O) groups excluding carboxylic acids is 1. The van der Waals surface area contributed by atoms with Gasteiger partial charge < -0.3 is 9.73 Å². The number of aromatic nitrogens is 4. The molecule has 0 fully saturated rings. The molecule has 0 atom stereocenters. The van der Waals surface area contributed by atoms with Crippen LogP contribution in [0, 0.1) is 6.92 Å². The van der Waals surface area contributed by atoms with Crippen LogP contribution in [0.2, 0.25) is 0 Å². The van der Waals surface area contributed by atoms with E-state index >= 15 is 0 Å². The molecule has 0 bridgehead atoms. The van der Waals surface area contributed by atoms with Gasteiger partial charge >= 0.3 is 5.69 Å². The SMILES string of the molecule is Cc1cccc2c1ncn1c(=O)n(CC(=O)NCc3ccco3)nc21. The highest BCUT2D eigenvalue weighted by atomic mass is 16.3. The van der Waals surface area contributed by atoms with Crippen molar-refractivity contribution in [2.45, 2.75) is 20.0 Å². The molecule has 1 N–H and O–H groups in total. The minimum Gasteiger partial charge on any atom is -0.467 e. The van der Waals surface area contributed by atoms with Gasteiger partial charge in [-0.1, -0.05) is 12.1 Å². The van der Waals surface area contributed by atoms with Crippen molar-refractivity contribution in [1.82, 2.24) is 24.5 Å². The molecule has 8 nitrogen and oxygen atoms in total. The van der Waals surface area contributed by atoms with Crippen LogP contribution in [0.5, 0.6) is 0 Å². The van der Waals surface area contributed by atoms with Crippen molar-refractivity contribution in [3.05, 3.63) is 64.7 Å². The number of fused-ring (bicyclic) bond motifs is 3. The number of furan rings is 1. The second-order valence-corrected chi connectivity index (χ2v) is 5.71.